The molecule has 2 rings (SSSR count). The lowest BCUT2D eigenvalue weighted by atomic mass is 10.1. The Morgan fingerprint density at radius 1 is 1.00 bits per heavy atom. The second-order valence-corrected chi connectivity index (χ2v) is 6.15. The third kappa shape index (κ3) is 4.76. The summed E-state index contributed by atoms with van der Waals surface area (Å²) in [4.78, 5) is 12.3. The fourth-order valence-electron chi connectivity index (χ4n) is 2.29. The quantitative estimate of drug-likeness (QED) is 0.721. The van der Waals surface area contributed by atoms with Crippen molar-refractivity contribution in [1.29, 1.82) is 0 Å². The first kappa shape index (κ1) is 18.9. The van der Waals surface area contributed by atoms with Crippen LogP contribution in [0.1, 0.15) is 11.1 Å². The summed E-state index contributed by atoms with van der Waals surface area (Å²) in [5.74, 6) is 1.61. The van der Waals surface area contributed by atoms with Gasteiger partial charge in [-0.2, -0.15) is 0 Å². The average Bonchev–Trinajstić information content (AvgIpc) is 2.61. The molecule has 25 heavy (non-hydrogen) atoms. The smallest absolute Gasteiger partial charge is 0.248 e. The van der Waals surface area contributed by atoms with E-state index in [0.29, 0.717) is 22.9 Å². The zero-order valence-corrected chi connectivity index (χ0v) is 16.1. The number of halogens is 1. The molecule has 0 aromatic heterocycles. The summed E-state index contributed by atoms with van der Waals surface area (Å²) in [6.07, 6.45) is 3.16. The van der Waals surface area contributed by atoms with Crippen molar-refractivity contribution < 1.29 is 19.0 Å². The van der Waals surface area contributed by atoms with Gasteiger partial charge in [0.2, 0.25) is 5.91 Å². The molecule has 0 radical (unpaired) electrons. The van der Waals surface area contributed by atoms with Gasteiger partial charge in [-0.25, -0.2) is 0 Å². The molecule has 132 valence electrons. The van der Waals surface area contributed by atoms with E-state index >= 15 is 0 Å². The van der Waals surface area contributed by atoms with Crippen molar-refractivity contribution >= 4 is 33.6 Å². The Bertz CT molecular complexity index is 802. The standard InChI is InChI=1S/C19H20BrNO4/c1-12-9-17(24-3)18(25-4)11-15(12)21-19(22)8-5-13-10-14(20)6-7-16(13)23-2/h5-11H,1-4H3,(H,21,22)/b8-5+. The highest BCUT2D eigenvalue weighted by Gasteiger charge is 2.10. The Hall–Kier alpha value is -2.47. The van der Waals surface area contributed by atoms with Crippen molar-refractivity contribution in [2.45, 2.75) is 6.92 Å². The molecule has 0 atom stereocenters. The van der Waals surface area contributed by atoms with Crippen LogP contribution in [0.2, 0.25) is 0 Å². The van der Waals surface area contributed by atoms with Crippen molar-refractivity contribution in [2.75, 3.05) is 26.6 Å². The van der Waals surface area contributed by atoms with Crippen LogP contribution in [0.3, 0.4) is 0 Å². The largest absolute Gasteiger partial charge is 0.496 e. The first-order chi connectivity index (χ1) is 12.0. The first-order valence-corrected chi connectivity index (χ1v) is 8.33. The van der Waals surface area contributed by atoms with Gasteiger partial charge in [-0.15, -0.1) is 0 Å². The average molecular weight is 406 g/mol. The van der Waals surface area contributed by atoms with Gasteiger partial charge in [0.25, 0.3) is 0 Å². The van der Waals surface area contributed by atoms with Gasteiger partial charge in [0.05, 0.1) is 21.3 Å². The molecule has 0 bridgehead atoms. The third-order valence-electron chi connectivity index (χ3n) is 3.59. The van der Waals surface area contributed by atoms with E-state index in [-0.39, 0.29) is 5.91 Å². The number of rotatable bonds is 6. The first-order valence-electron chi connectivity index (χ1n) is 7.53. The van der Waals surface area contributed by atoms with Crippen LogP contribution >= 0.6 is 15.9 Å². The maximum atomic E-state index is 12.3. The van der Waals surface area contributed by atoms with Gasteiger partial charge in [-0.3, -0.25) is 4.79 Å². The fourth-order valence-corrected chi connectivity index (χ4v) is 2.67. The monoisotopic (exact) mass is 405 g/mol. The third-order valence-corrected chi connectivity index (χ3v) is 4.09. The molecular formula is C19H20BrNO4. The second kappa shape index (κ2) is 8.58. The van der Waals surface area contributed by atoms with E-state index < -0.39 is 0 Å². The van der Waals surface area contributed by atoms with Crippen molar-refractivity contribution in [1.82, 2.24) is 0 Å². The van der Waals surface area contributed by atoms with E-state index in [4.69, 9.17) is 14.2 Å². The summed E-state index contributed by atoms with van der Waals surface area (Å²) in [6, 6.07) is 9.14. The molecule has 2 aromatic rings. The minimum Gasteiger partial charge on any atom is -0.496 e. The molecule has 0 saturated carbocycles. The van der Waals surface area contributed by atoms with Crippen LogP contribution in [0.4, 0.5) is 5.69 Å². The van der Waals surface area contributed by atoms with Crippen LogP contribution in [-0.2, 0) is 4.79 Å². The number of methoxy groups -OCH3 is 3. The van der Waals surface area contributed by atoms with Crippen LogP contribution in [0, 0.1) is 6.92 Å². The van der Waals surface area contributed by atoms with Crippen molar-refractivity contribution in [2.24, 2.45) is 0 Å². The number of carbonyl (C=O) groups excluding carboxylic acids is 1. The lowest BCUT2D eigenvalue weighted by Crippen LogP contribution is -2.09. The number of carbonyl (C=O) groups is 1. The normalized spacial score (nSPS) is 10.6. The molecule has 0 aliphatic heterocycles. The number of amides is 1. The van der Waals surface area contributed by atoms with Crippen LogP contribution in [-0.4, -0.2) is 27.2 Å². The van der Waals surface area contributed by atoms with Gasteiger partial charge in [0, 0.05) is 27.9 Å². The maximum absolute atomic E-state index is 12.3. The van der Waals surface area contributed by atoms with Crippen molar-refractivity contribution in [3.05, 3.63) is 52.0 Å². The summed E-state index contributed by atoms with van der Waals surface area (Å²) in [5.41, 5.74) is 2.34. The molecule has 1 amide bonds. The van der Waals surface area contributed by atoms with Gasteiger partial charge in [0.1, 0.15) is 5.75 Å². The Morgan fingerprint density at radius 2 is 1.64 bits per heavy atom. The number of nitrogens with one attached hydrogen (secondary N) is 1. The van der Waals surface area contributed by atoms with E-state index in [2.05, 4.69) is 21.2 Å². The molecular weight excluding hydrogens is 386 g/mol. The second-order valence-electron chi connectivity index (χ2n) is 5.23. The fraction of sp³-hybridized carbons (Fsp3) is 0.211. The van der Waals surface area contributed by atoms with E-state index in [9.17, 15) is 4.79 Å². The number of hydrogen-bond donors (Lipinski definition) is 1. The topological polar surface area (TPSA) is 56.8 Å². The number of anilines is 1. The molecule has 0 fully saturated rings. The number of hydrogen-bond acceptors (Lipinski definition) is 4. The van der Waals surface area contributed by atoms with Crippen LogP contribution in [0.25, 0.3) is 6.08 Å². The molecule has 0 spiro atoms. The molecule has 0 unspecified atom stereocenters. The van der Waals surface area contributed by atoms with Crippen LogP contribution in [0.15, 0.2) is 40.9 Å². The van der Waals surface area contributed by atoms with Crippen LogP contribution in [0.5, 0.6) is 17.2 Å². The zero-order chi connectivity index (χ0) is 18.4. The SMILES string of the molecule is COc1ccc(Br)cc1/C=C/C(=O)Nc1cc(OC)c(OC)cc1C. The number of ether oxygens (including phenoxy) is 3. The maximum Gasteiger partial charge on any atom is 0.248 e. The molecule has 0 heterocycles. The van der Waals surface area contributed by atoms with Gasteiger partial charge >= 0.3 is 0 Å². The molecule has 2 aromatic carbocycles. The number of benzene rings is 2. The Labute approximate surface area is 155 Å². The number of aryl methyl sites for hydroxylation is 1. The van der Waals surface area contributed by atoms with Gasteiger partial charge in [-0.05, 0) is 42.8 Å². The minimum atomic E-state index is -0.252. The summed E-state index contributed by atoms with van der Waals surface area (Å²) in [7, 11) is 4.72. The highest BCUT2D eigenvalue weighted by atomic mass is 79.9. The van der Waals surface area contributed by atoms with Gasteiger partial charge in [-0.1, -0.05) is 15.9 Å². The van der Waals surface area contributed by atoms with Crippen LogP contribution < -0.4 is 19.5 Å². The summed E-state index contributed by atoms with van der Waals surface area (Å²) in [6.45, 7) is 1.89. The van der Waals surface area contributed by atoms with Crippen molar-refractivity contribution in [3.63, 3.8) is 0 Å². The lowest BCUT2D eigenvalue weighted by molar-refractivity contribution is -0.111. The molecule has 0 saturated heterocycles. The minimum absolute atomic E-state index is 0.252. The van der Waals surface area contributed by atoms with E-state index in [1.807, 2.05) is 31.2 Å². The molecule has 1 N–H and O–H groups in total. The molecule has 0 aliphatic carbocycles. The van der Waals surface area contributed by atoms with E-state index in [0.717, 1.165) is 15.6 Å². The van der Waals surface area contributed by atoms with E-state index in [1.165, 1.54) is 6.08 Å². The molecule has 5 nitrogen and oxygen atoms in total. The summed E-state index contributed by atoms with van der Waals surface area (Å²) < 4.78 is 16.7. The van der Waals surface area contributed by atoms with Gasteiger partial charge < -0.3 is 19.5 Å². The van der Waals surface area contributed by atoms with Gasteiger partial charge in [0.15, 0.2) is 11.5 Å². The molecule has 6 heteroatoms. The van der Waals surface area contributed by atoms with E-state index in [1.54, 1.807) is 33.5 Å². The Kier molecular flexibility index (Phi) is 6.47. The van der Waals surface area contributed by atoms with Crippen molar-refractivity contribution in [3.8, 4) is 17.2 Å². The summed E-state index contributed by atoms with van der Waals surface area (Å²) >= 11 is 3.41. The lowest BCUT2D eigenvalue weighted by Gasteiger charge is -2.13. The Morgan fingerprint density at radius 3 is 2.28 bits per heavy atom. The highest BCUT2D eigenvalue weighted by Crippen LogP contribution is 2.33. The zero-order valence-electron chi connectivity index (χ0n) is 14.6. The summed E-state index contributed by atoms with van der Waals surface area (Å²) in [5, 5.41) is 2.84. The molecule has 0 aliphatic rings. The Balaban J connectivity index is 2.19. The highest BCUT2D eigenvalue weighted by molar-refractivity contribution is 9.10. The predicted octanol–water partition coefficient (Wildman–Crippen LogP) is 4.44. The predicted molar refractivity (Wildman–Crippen MR) is 103 cm³/mol.